The molecular formula is C21H21N3O2. The largest absolute Gasteiger partial charge is 0.352 e. The summed E-state index contributed by atoms with van der Waals surface area (Å²) in [7, 11) is 1.65. The molecule has 0 radical (unpaired) electrons. The Kier molecular flexibility index (Phi) is 6.29. The molecule has 0 aromatic heterocycles. The number of likely N-dealkylation sites (N-methyl/N-ethyl adjacent to an activating group) is 1. The van der Waals surface area contributed by atoms with Crippen LogP contribution in [0, 0.1) is 18.3 Å². The molecule has 5 nitrogen and oxygen atoms in total. The van der Waals surface area contributed by atoms with Crippen LogP contribution in [0.5, 0.6) is 0 Å². The number of hydrogen-bond acceptors (Lipinski definition) is 3. The summed E-state index contributed by atoms with van der Waals surface area (Å²) in [6.07, 6.45) is 1.93. The lowest BCUT2D eigenvalue weighted by atomic mass is 10.0. The topological polar surface area (TPSA) is 73.2 Å². The maximum atomic E-state index is 12.2. The lowest BCUT2D eigenvalue weighted by Crippen LogP contribution is -2.26. The van der Waals surface area contributed by atoms with Gasteiger partial charge in [0.15, 0.2) is 0 Å². The van der Waals surface area contributed by atoms with Crippen molar-refractivity contribution in [2.75, 3.05) is 18.5 Å². The van der Waals surface area contributed by atoms with E-state index in [1.165, 1.54) is 11.0 Å². The van der Waals surface area contributed by atoms with E-state index in [4.69, 9.17) is 5.26 Å². The summed E-state index contributed by atoms with van der Waals surface area (Å²) in [5, 5.41) is 11.8. The van der Waals surface area contributed by atoms with Crippen LogP contribution in [0.1, 0.15) is 27.0 Å². The maximum Gasteiger partial charge on any atom is 0.251 e. The molecule has 2 aromatic rings. The lowest BCUT2D eigenvalue weighted by Gasteiger charge is -2.15. The van der Waals surface area contributed by atoms with E-state index >= 15 is 0 Å². The van der Waals surface area contributed by atoms with Gasteiger partial charge in [-0.1, -0.05) is 18.7 Å². The Morgan fingerprint density at radius 3 is 2.50 bits per heavy atom. The Morgan fingerprint density at radius 2 is 1.92 bits per heavy atom. The number of carbonyl (C=O) groups is 2. The molecule has 0 fully saturated rings. The van der Waals surface area contributed by atoms with Crippen LogP contribution in [0.15, 0.2) is 55.1 Å². The van der Waals surface area contributed by atoms with Gasteiger partial charge in [0, 0.05) is 24.8 Å². The van der Waals surface area contributed by atoms with Gasteiger partial charge in [-0.2, -0.15) is 5.26 Å². The fourth-order valence-electron chi connectivity index (χ4n) is 2.53. The molecule has 2 amide bonds. The summed E-state index contributed by atoms with van der Waals surface area (Å²) in [5.41, 5.74) is 3.90. The fraction of sp³-hybridized carbons (Fsp3) is 0.190. The first-order chi connectivity index (χ1) is 12.5. The van der Waals surface area contributed by atoms with Crippen LogP contribution in [-0.2, 0) is 11.2 Å². The SMILES string of the molecule is C=CC(=O)N(C)c1ccc(C(=O)NCCc2ccc(C#N)c(C)c2)cc1. The molecule has 0 bridgehead atoms. The Morgan fingerprint density at radius 1 is 1.23 bits per heavy atom. The molecule has 2 rings (SSSR count). The fourth-order valence-corrected chi connectivity index (χ4v) is 2.53. The van der Waals surface area contributed by atoms with Crippen molar-refractivity contribution in [2.24, 2.45) is 0 Å². The third-order valence-electron chi connectivity index (χ3n) is 4.13. The number of nitrogens with one attached hydrogen (secondary N) is 1. The van der Waals surface area contributed by atoms with Crippen LogP contribution in [0.4, 0.5) is 5.69 Å². The summed E-state index contributed by atoms with van der Waals surface area (Å²) in [4.78, 5) is 25.3. The molecule has 132 valence electrons. The van der Waals surface area contributed by atoms with E-state index in [1.807, 2.05) is 19.1 Å². The Balaban J connectivity index is 1.92. The molecule has 0 heterocycles. The van der Waals surface area contributed by atoms with Crippen molar-refractivity contribution < 1.29 is 9.59 Å². The van der Waals surface area contributed by atoms with Crippen molar-refractivity contribution >= 4 is 17.5 Å². The van der Waals surface area contributed by atoms with Gasteiger partial charge in [0.1, 0.15) is 0 Å². The van der Waals surface area contributed by atoms with Gasteiger partial charge < -0.3 is 10.2 Å². The number of amides is 2. The number of nitriles is 1. The molecule has 1 N–H and O–H groups in total. The summed E-state index contributed by atoms with van der Waals surface area (Å²) < 4.78 is 0. The van der Waals surface area contributed by atoms with E-state index in [-0.39, 0.29) is 11.8 Å². The highest BCUT2D eigenvalue weighted by atomic mass is 16.2. The van der Waals surface area contributed by atoms with Crippen LogP contribution < -0.4 is 10.2 Å². The van der Waals surface area contributed by atoms with Gasteiger partial charge in [-0.05, 0) is 60.9 Å². The highest BCUT2D eigenvalue weighted by Crippen LogP contribution is 2.14. The molecule has 0 atom stereocenters. The molecule has 2 aromatic carbocycles. The van der Waals surface area contributed by atoms with Crippen molar-refractivity contribution in [3.63, 3.8) is 0 Å². The normalized spacial score (nSPS) is 9.88. The van der Waals surface area contributed by atoms with E-state index in [1.54, 1.807) is 37.4 Å². The summed E-state index contributed by atoms with van der Waals surface area (Å²) in [5.74, 6) is -0.375. The van der Waals surface area contributed by atoms with E-state index in [0.29, 0.717) is 29.8 Å². The summed E-state index contributed by atoms with van der Waals surface area (Å²) in [6.45, 7) is 5.86. The molecule has 0 aliphatic carbocycles. The first-order valence-corrected chi connectivity index (χ1v) is 8.24. The van der Waals surface area contributed by atoms with Crippen molar-refractivity contribution in [1.82, 2.24) is 5.32 Å². The Labute approximate surface area is 153 Å². The first-order valence-electron chi connectivity index (χ1n) is 8.24. The standard InChI is InChI=1S/C21H21N3O2/c1-4-20(25)24(3)19-9-7-17(8-10-19)21(26)23-12-11-16-5-6-18(14-22)15(2)13-16/h4-10,13H,1,11-12H2,2-3H3,(H,23,26). The molecular weight excluding hydrogens is 326 g/mol. The second-order valence-corrected chi connectivity index (χ2v) is 5.92. The minimum Gasteiger partial charge on any atom is -0.352 e. The van der Waals surface area contributed by atoms with E-state index < -0.39 is 0 Å². The highest BCUT2D eigenvalue weighted by molar-refractivity contribution is 6.01. The van der Waals surface area contributed by atoms with Crippen LogP contribution in [0.2, 0.25) is 0 Å². The zero-order chi connectivity index (χ0) is 19.1. The van der Waals surface area contributed by atoms with Gasteiger partial charge in [0.05, 0.1) is 11.6 Å². The Hall–Kier alpha value is -3.39. The van der Waals surface area contributed by atoms with E-state index in [0.717, 1.165) is 11.1 Å². The quantitative estimate of drug-likeness (QED) is 0.817. The van der Waals surface area contributed by atoms with Crippen LogP contribution >= 0.6 is 0 Å². The number of aryl methyl sites for hydroxylation is 1. The highest BCUT2D eigenvalue weighted by Gasteiger charge is 2.09. The van der Waals surface area contributed by atoms with Crippen molar-refractivity contribution in [2.45, 2.75) is 13.3 Å². The lowest BCUT2D eigenvalue weighted by molar-refractivity contribution is -0.113. The Bertz CT molecular complexity index is 864. The number of hydrogen-bond donors (Lipinski definition) is 1. The smallest absolute Gasteiger partial charge is 0.251 e. The minimum atomic E-state index is -0.208. The summed E-state index contributed by atoms with van der Waals surface area (Å²) >= 11 is 0. The molecule has 0 aliphatic heterocycles. The van der Waals surface area contributed by atoms with Gasteiger partial charge in [0.25, 0.3) is 5.91 Å². The zero-order valence-corrected chi connectivity index (χ0v) is 15.0. The molecule has 0 saturated carbocycles. The molecule has 0 spiro atoms. The monoisotopic (exact) mass is 347 g/mol. The molecule has 0 unspecified atom stereocenters. The van der Waals surface area contributed by atoms with Crippen molar-refractivity contribution in [1.29, 1.82) is 5.26 Å². The number of rotatable bonds is 6. The van der Waals surface area contributed by atoms with E-state index in [9.17, 15) is 9.59 Å². The number of nitrogens with zero attached hydrogens (tertiary/aromatic N) is 2. The number of anilines is 1. The molecule has 5 heteroatoms. The average Bonchev–Trinajstić information content (AvgIpc) is 2.67. The third-order valence-corrected chi connectivity index (χ3v) is 4.13. The number of benzene rings is 2. The minimum absolute atomic E-state index is 0.167. The molecule has 0 aliphatic rings. The average molecular weight is 347 g/mol. The predicted octanol–water partition coefficient (Wildman–Crippen LogP) is 2.99. The van der Waals surface area contributed by atoms with Crippen LogP contribution in [0.3, 0.4) is 0 Å². The predicted molar refractivity (Wildman–Crippen MR) is 102 cm³/mol. The van der Waals surface area contributed by atoms with Gasteiger partial charge in [0.2, 0.25) is 5.91 Å². The van der Waals surface area contributed by atoms with Crippen molar-refractivity contribution in [3.05, 3.63) is 77.4 Å². The van der Waals surface area contributed by atoms with Gasteiger partial charge >= 0.3 is 0 Å². The number of carbonyl (C=O) groups excluding carboxylic acids is 2. The van der Waals surface area contributed by atoms with Crippen LogP contribution in [0.25, 0.3) is 0 Å². The summed E-state index contributed by atoms with van der Waals surface area (Å²) in [6, 6.07) is 14.6. The molecule has 0 saturated heterocycles. The first kappa shape index (κ1) is 18.9. The second-order valence-electron chi connectivity index (χ2n) is 5.92. The molecule has 26 heavy (non-hydrogen) atoms. The van der Waals surface area contributed by atoms with E-state index in [2.05, 4.69) is 18.0 Å². The zero-order valence-electron chi connectivity index (χ0n) is 15.0. The van der Waals surface area contributed by atoms with Gasteiger partial charge in [-0.3, -0.25) is 9.59 Å². The third kappa shape index (κ3) is 4.58. The van der Waals surface area contributed by atoms with Gasteiger partial charge in [-0.15, -0.1) is 0 Å². The van der Waals surface area contributed by atoms with Crippen molar-refractivity contribution in [3.8, 4) is 6.07 Å². The van der Waals surface area contributed by atoms with Gasteiger partial charge in [-0.25, -0.2) is 0 Å². The van der Waals surface area contributed by atoms with Crippen LogP contribution in [-0.4, -0.2) is 25.4 Å². The second kappa shape index (κ2) is 8.63. The maximum absolute atomic E-state index is 12.2.